The molecule has 0 saturated carbocycles. The molecule has 0 aromatic heterocycles. The summed E-state index contributed by atoms with van der Waals surface area (Å²) in [6.45, 7) is 2.75. The second-order valence-electron chi connectivity index (χ2n) is 9.38. The summed E-state index contributed by atoms with van der Waals surface area (Å²) in [7, 11) is 0. The van der Waals surface area contributed by atoms with Gasteiger partial charge in [-0.2, -0.15) is 13.2 Å². The number of halogens is 3. The second-order valence-corrected chi connectivity index (χ2v) is 9.38. The third-order valence-corrected chi connectivity index (χ3v) is 7.27. The van der Waals surface area contributed by atoms with Gasteiger partial charge in [0.2, 0.25) is 17.7 Å². The predicted molar refractivity (Wildman–Crippen MR) is 124 cm³/mol. The van der Waals surface area contributed by atoms with Crippen molar-refractivity contribution < 1.29 is 27.6 Å². The molecule has 2 aromatic rings. The van der Waals surface area contributed by atoms with E-state index in [0.29, 0.717) is 19.0 Å². The third-order valence-electron chi connectivity index (χ3n) is 7.27. The van der Waals surface area contributed by atoms with E-state index in [1.807, 2.05) is 18.2 Å². The zero-order valence-electron chi connectivity index (χ0n) is 19.7. The molecule has 35 heavy (non-hydrogen) atoms. The molecule has 4 rings (SSSR count). The fraction of sp³-hybridized carbons (Fsp3) is 0.444. The first kappa shape index (κ1) is 24.9. The van der Waals surface area contributed by atoms with Crippen LogP contribution in [0.25, 0.3) is 0 Å². The van der Waals surface area contributed by atoms with E-state index in [-0.39, 0.29) is 30.9 Å². The highest BCUT2D eigenvalue weighted by Crippen LogP contribution is 2.42. The number of likely N-dealkylation sites (tertiary alicyclic amines) is 2. The summed E-state index contributed by atoms with van der Waals surface area (Å²) in [5.74, 6) is -1.07. The topological polar surface area (TPSA) is 57.7 Å². The van der Waals surface area contributed by atoms with E-state index in [2.05, 4.69) is 12.1 Å². The van der Waals surface area contributed by atoms with Gasteiger partial charge in [0.15, 0.2) is 0 Å². The van der Waals surface area contributed by atoms with Gasteiger partial charge in [-0.1, -0.05) is 48.5 Å². The lowest BCUT2D eigenvalue weighted by Crippen LogP contribution is -2.43. The first-order chi connectivity index (χ1) is 16.7. The highest BCUT2D eigenvalue weighted by molar-refractivity contribution is 6.10. The van der Waals surface area contributed by atoms with E-state index < -0.39 is 29.0 Å². The zero-order valence-corrected chi connectivity index (χ0v) is 19.7. The molecule has 3 amide bonds. The monoisotopic (exact) mass is 486 g/mol. The lowest BCUT2D eigenvalue weighted by molar-refractivity contribution is -0.143. The fourth-order valence-corrected chi connectivity index (χ4v) is 5.35. The van der Waals surface area contributed by atoms with Crippen LogP contribution < -0.4 is 0 Å². The van der Waals surface area contributed by atoms with Gasteiger partial charge in [0.1, 0.15) is 0 Å². The Morgan fingerprint density at radius 2 is 1.77 bits per heavy atom. The molecule has 0 bridgehead atoms. The summed E-state index contributed by atoms with van der Waals surface area (Å²) < 4.78 is 40.3. The minimum absolute atomic E-state index is 0.0620. The molecular weight excluding hydrogens is 457 g/mol. The van der Waals surface area contributed by atoms with Crippen LogP contribution in [0.2, 0.25) is 0 Å². The lowest BCUT2D eigenvalue weighted by Gasteiger charge is -2.30. The van der Waals surface area contributed by atoms with Gasteiger partial charge in [-0.05, 0) is 49.3 Å². The maximum absolute atomic E-state index is 13.5. The van der Waals surface area contributed by atoms with Crippen LogP contribution in [0.4, 0.5) is 13.2 Å². The summed E-state index contributed by atoms with van der Waals surface area (Å²) in [6, 6.07) is 14.6. The van der Waals surface area contributed by atoms with Gasteiger partial charge in [0, 0.05) is 32.5 Å². The van der Waals surface area contributed by atoms with E-state index in [0.717, 1.165) is 36.3 Å². The van der Waals surface area contributed by atoms with Crippen molar-refractivity contribution in [3.63, 3.8) is 0 Å². The van der Waals surface area contributed by atoms with Crippen LogP contribution in [0.15, 0.2) is 54.6 Å². The van der Waals surface area contributed by atoms with Crippen LogP contribution in [-0.2, 0) is 26.0 Å². The Kier molecular flexibility index (Phi) is 7.01. The number of nitrogens with zero attached hydrogens (tertiary/aromatic N) is 2. The average molecular weight is 487 g/mol. The minimum Gasteiger partial charge on any atom is -0.343 e. The van der Waals surface area contributed by atoms with Crippen molar-refractivity contribution in [2.45, 2.75) is 56.5 Å². The van der Waals surface area contributed by atoms with Crippen molar-refractivity contribution in [2.24, 2.45) is 0 Å². The maximum atomic E-state index is 13.5. The number of amides is 3. The molecule has 2 heterocycles. The smallest absolute Gasteiger partial charge is 0.343 e. The number of likely N-dealkylation sites (N-methyl/N-ethyl adjacent to an activating group) is 1. The van der Waals surface area contributed by atoms with Crippen molar-refractivity contribution in [3.05, 3.63) is 71.3 Å². The molecule has 5 nitrogen and oxygen atoms in total. The van der Waals surface area contributed by atoms with Gasteiger partial charge in [0.25, 0.3) is 0 Å². The van der Waals surface area contributed by atoms with Crippen LogP contribution in [0.5, 0.6) is 0 Å². The highest BCUT2D eigenvalue weighted by atomic mass is 19.4. The summed E-state index contributed by atoms with van der Waals surface area (Å²) >= 11 is 0. The molecular formula is C27H29F3N2O3. The molecule has 2 aliphatic rings. The van der Waals surface area contributed by atoms with Gasteiger partial charge < -0.3 is 4.90 Å². The second kappa shape index (κ2) is 9.84. The number of carbonyl (C=O) groups excluding carboxylic acids is 3. The summed E-state index contributed by atoms with van der Waals surface area (Å²) in [5.41, 5.74) is -1.25. The number of alkyl halides is 3. The Labute approximate surface area is 202 Å². The summed E-state index contributed by atoms with van der Waals surface area (Å²) in [6.07, 6.45) is -2.77. The highest BCUT2D eigenvalue weighted by Gasteiger charge is 2.54. The van der Waals surface area contributed by atoms with Crippen molar-refractivity contribution in [1.82, 2.24) is 9.80 Å². The third kappa shape index (κ3) is 4.97. The number of imide groups is 1. The van der Waals surface area contributed by atoms with Crippen LogP contribution in [0, 0.1) is 0 Å². The van der Waals surface area contributed by atoms with Crippen LogP contribution in [-0.4, -0.2) is 47.2 Å². The van der Waals surface area contributed by atoms with Crippen molar-refractivity contribution in [2.75, 3.05) is 19.6 Å². The molecule has 0 radical (unpaired) electrons. The quantitative estimate of drug-likeness (QED) is 0.565. The Morgan fingerprint density at radius 3 is 2.43 bits per heavy atom. The zero-order chi connectivity index (χ0) is 25.2. The molecule has 0 unspecified atom stereocenters. The Bertz CT molecular complexity index is 1100. The largest absolute Gasteiger partial charge is 0.416 e. The van der Waals surface area contributed by atoms with Crippen LogP contribution in [0.1, 0.15) is 61.6 Å². The van der Waals surface area contributed by atoms with Crippen molar-refractivity contribution in [1.29, 1.82) is 0 Å². The SMILES string of the molecule is CCN1C(=O)C[C@](CC(=O)N2CCC[C@@H](c3ccccc3)CC2)(c2cccc(C(F)(F)F)c2)C1=O. The Balaban J connectivity index is 1.60. The van der Waals surface area contributed by atoms with Crippen molar-refractivity contribution >= 4 is 17.7 Å². The van der Waals surface area contributed by atoms with Gasteiger partial charge >= 0.3 is 6.18 Å². The fourth-order valence-electron chi connectivity index (χ4n) is 5.35. The molecule has 8 heteroatoms. The molecule has 2 saturated heterocycles. The Hall–Kier alpha value is -3.16. The first-order valence-electron chi connectivity index (χ1n) is 12.0. The number of benzene rings is 2. The van der Waals surface area contributed by atoms with E-state index in [4.69, 9.17) is 0 Å². The maximum Gasteiger partial charge on any atom is 0.416 e. The molecule has 2 aliphatic heterocycles. The van der Waals surface area contributed by atoms with Crippen LogP contribution >= 0.6 is 0 Å². The molecule has 2 aromatic carbocycles. The van der Waals surface area contributed by atoms with Crippen LogP contribution in [0.3, 0.4) is 0 Å². The predicted octanol–water partition coefficient (Wildman–Crippen LogP) is 4.91. The normalized spacial score (nSPS) is 23.5. The molecule has 0 aliphatic carbocycles. The van der Waals surface area contributed by atoms with E-state index in [1.165, 1.54) is 17.7 Å². The lowest BCUT2D eigenvalue weighted by atomic mass is 9.75. The van der Waals surface area contributed by atoms with Gasteiger partial charge in [0.05, 0.1) is 11.0 Å². The van der Waals surface area contributed by atoms with Gasteiger partial charge in [-0.15, -0.1) is 0 Å². The minimum atomic E-state index is -4.60. The summed E-state index contributed by atoms with van der Waals surface area (Å²) in [4.78, 5) is 42.3. The first-order valence-corrected chi connectivity index (χ1v) is 12.0. The molecule has 0 spiro atoms. The standard InChI is InChI=1S/C27H29F3N2O3/c1-2-32-24(34)18-26(25(32)35,21-11-6-12-22(16-21)27(28,29)30)17-23(33)31-14-7-10-20(13-15-31)19-8-4-3-5-9-19/h3-6,8-9,11-12,16,20H,2,7,10,13-15,17-18H2,1H3/t20-,26-/m1/s1. The number of hydrogen-bond acceptors (Lipinski definition) is 3. The molecule has 0 N–H and O–H groups in total. The molecule has 2 atom stereocenters. The molecule has 2 fully saturated rings. The number of carbonyl (C=O) groups is 3. The van der Waals surface area contributed by atoms with E-state index in [1.54, 1.807) is 11.8 Å². The van der Waals surface area contributed by atoms with Gasteiger partial charge in [-0.25, -0.2) is 0 Å². The Morgan fingerprint density at radius 1 is 1.03 bits per heavy atom. The number of hydrogen-bond donors (Lipinski definition) is 0. The molecule has 186 valence electrons. The van der Waals surface area contributed by atoms with Gasteiger partial charge in [-0.3, -0.25) is 19.3 Å². The average Bonchev–Trinajstić information content (AvgIpc) is 2.99. The number of rotatable bonds is 5. The summed E-state index contributed by atoms with van der Waals surface area (Å²) in [5, 5.41) is 0. The van der Waals surface area contributed by atoms with E-state index >= 15 is 0 Å². The van der Waals surface area contributed by atoms with E-state index in [9.17, 15) is 27.6 Å². The van der Waals surface area contributed by atoms with Crippen molar-refractivity contribution in [3.8, 4) is 0 Å².